The molecule has 8 nitrogen and oxygen atoms in total. The van der Waals surface area contributed by atoms with E-state index in [1.807, 2.05) is 28.0 Å². The van der Waals surface area contributed by atoms with Gasteiger partial charge in [-0.25, -0.2) is 0 Å². The van der Waals surface area contributed by atoms with Crippen molar-refractivity contribution in [2.24, 2.45) is 0 Å². The molecule has 2 aromatic rings. The normalized spacial score (nSPS) is 16.5. The van der Waals surface area contributed by atoms with Crippen LogP contribution in [0.1, 0.15) is 48.0 Å². The van der Waals surface area contributed by atoms with Crippen LogP contribution in [0.4, 0.5) is 17.1 Å². The largest absolute Gasteiger partial charge is 0.366 e. The predicted molar refractivity (Wildman–Crippen MR) is 118 cm³/mol. The Morgan fingerprint density at radius 3 is 2.55 bits per heavy atom. The van der Waals surface area contributed by atoms with E-state index in [1.165, 1.54) is 6.07 Å². The van der Waals surface area contributed by atoms with Gasteiger partial charge in [0.25, 0.3) is 11.6 Å². The lowest BCUT2D eigenvalue weighted by Crippen LogP contribution is -2.34. The SMILES string of the molecule is O=C(Nc1cccc(CN2CCCCC2=O)c1)c1ccc(N2CCCC2)c([N+](=O)[O-])c1. The Morgan fingerprint density at radius 2 is 1.81 bits per heavy atom. The Kier molecular flexibility index (Phi) is 6.16. The van der Waals surface area contributed by atoms with Gasteiger partial charge in [-0.05, 0) is 55.5 Å². The number of amides is 2. The van der Waals surface area contributed by atoms with E-state index < -0.39 is 10.8 Å². The molecule has 31 heavy (non-hydrogen) atoms. The first-order valence-corrected chi connectivity index (χ1v) is 10.7. The van der Waals surface area contributed by atoms with Gasteiger partial charge in [0.2, 0.25) is 5.91 Å². The van der Waals surface area contributed by atoms with Gasteiger partial charge >= 0.3 is 0 Å². The zero-order valence-corrected chi connectivity index (χ0v) is 17.4. The Morgan fingerprint density at radius 1 is 1.03 bits per heavy atom. The third-order valence-corrected chi connectivity index (χ3v) is 5.86. The van der Waals surface area contributed by atoms with E-state index >= 15 is 0 Å². The first-order valence-electron chi connectivity index (χ1n) is 10.7. The van der Waals surface area contributed by atoms with Crippen LogP contribution in [0.15, 0.2) is 42.5 Å². The molecule has 0 aromatic heterocycles. The fourth-order valence-corrected chi connectivity index (χ4v) is 4.24. The van der Waals surface area contributed by atoms with E-state index in [9.17, 15) is 19.7 Å². The monoisotopic (exact) mass is 422 g/mol. The van der Waals surface area contributed by atoms with Gasteiger partial charge in [-0.1, -0.05) is 12.1 Å². The number of rotatable bonds is 6. The van der Waals surface area contributed by atoms with Crippen LogP contribution in [0, 0.1) is 10.1 Å². The maximum atomic E-state index is 12.8. The number of nitrogens with zero attached hydrogens (tertiary/aromatic N) is 3. The highest BCUT2D eigenvalue weighted by molar-refractivity contribution is 6.05. The molecule has 0 atom stereocenters. The van der Waals surface area contributed by atoms with Crippen molar-refractivity contribution < 1.29 is 14.5 Å². The summed E-state index contributed by atoms with van der Waals surface area (Å²) in [6.07, 6.45) is 4.56. The molecule has 2 aromatic carbocycles. The summed E-state index contributed by atoms with van der Waals surface area (Å²) >= 11 is 0. The molecule has 8 heteroatoms. The Balaban J connectivity index is 1.48. The van der Waals surface area contributed by atoms with Gasteiger partial charge in [-0.15, -0.1) is 0 Å². The van der Waals surface area contributed by atoms with Crippen molar-refractivity contribution >= 4 is 28.9 Å². The number of nitro groups is 1. The van der Waals surface area contributed by atoms with Crippen LogP contribution in [0.3, 0.4) is 0 Å². The third-order valence-electron chi connectivity index (χ3n) is 5.86. The van der Waals surface area contributed by atoms with Crippen LogP contribution >= 0.6 is 0 Å². The minimum Gasteiger partial charge on any atom is -0.366 e. The Bertz CT molecular complexity index is 1000. The fourth-order valence-electron chi connectivity index (χ4n) is 4.24. The van der Waals surface area contributed by atoms with E-state index in [0.29, 0.717) is 24.3 Å². The van der Waals surface area contributed by atoms with E-state index in [1.54, 1.807) is 18.2 Å². The van der Waals surface area contributed by atoms with Crippen molar-refractivity contribution in [2.75, 3.05) is 29.9 Å². The molecule has 4 rings (SSSR count). The van der Waals surface area contributed by atoms with Gasteiger partial charge in [0.15, 0.2) is 0 Å². The lowest BCUT2D eigenvalue weighted by molar-refractivity contribution is -0.384. The van der Waals surface area contributed by atoms with E-state index in [4.69, 9.17) is 0 Å². The molecule has 0 bridgehead atoms. The molecule has 2 fully saturated rings. The number of piperidine rings is 1. The molecule has 162 valence electrons. The van der Waals surface area contributed by atoms with E-state index in [0.717, 1.165) is 50.9 Å². The number of nitrogens with one attached hydrogen (secondary N) is 1. The summed E-state index contributed by atoms with van der Waals surface area (Å²) in [6.45, 7) is 2.85. The number of anilines is 2. The average Bonchev–Trinajstić information content (AvgIpc) is 3.30. The van der Waals surface area contributed by atoms with Crippen LogP contribution < -0.4 is 10.2 Å². The molecule has 0 spiro atoms. The highest BCUT2D eigenvalue weighted by Crippen LogP contribution is 2.32. The maximum Gasteiger partial charge on any atom is 0.293 e. The third kappa shape index (κ3) is 4.84. The molecule has 0 radical (unpaired) electrons. The second-order valence-corrected chi connectivity index (χ2v) is 8.08. The molecule has 2 heterocycles. The highest BCUT2D eigenvalue weighted by Gasteiger charge is 2.24. The minimum atomic E-state index is -0.430. The number of hydrogen-bond acceptors (Lipinski definition) is 5. The molecular formula is C23H26N4O4. The van der Waals surface area contributed by atoms with E-state index in [2.05, 4.69) is 5.32 Å². The topological polar surface area (TPSA) is 95.8 Å². The molecule has 0 unspecified atom stereocenters. The summed E-state index contributed by atoms with van der Waals surface area (Å²) in [7, 11) is 0. The van der Waals surface area contributed by atoms with Crippen molar-refractivity contribution in [3.05, 3.63) is 63.7 Å². The Labute approximate surface area is 181 Å². The summed E-state index contributed by atoms with van der Waals surface area (Å²) < 4.78 is 0. The standard InChI is InChI=1S/C23H26N4O4/c28-22-8-1-2-13-26(22)16-17-6-5-7-19(14-17)24-23(29)18-9-10-20(21(15-18)27(30)31)25-11-3-4-12-25/h5-7,9-10,14-15H,1-4,8,11-13,16H2,(H,24,29). The summed E-state index contributed by atoms with van der Waals surface area (Å²) in [4.78, 5) is 39.8. The summed E-state index contributed by atoms with van der Waals surface area (Å²) in [5.74, 6) is -0.242. The lowest BCUT2D eigenvalue weighted by atomic mass is 10.1. The second kappa shape index (κ2) is 9.16. The Hall–Kier alpha value is -3.42. The van der Waals surface area contributed by atoms with Crippen LogP contribution in [0.2, 0.25) is 0 Å². The van der Waals surface area contributed by atoms with Gasteiger partial charge in [-0.2, -0.15) is 0 Å². The van der Waals surface area contributed by atoms with Gasteiger partial charge in [0.1, 0.15) is 5.69 Å². The smallest absolute Gasteiger partial charge is 0.293 e. The van der Waals surface area contributed by atoms with Gasteiger partial charge in [-0.3, -0.25) is 19.7 Å². The number of hydrogen-bond donors (Lipinski definition) is 1. The average molecular weight is 422 g/mol. The first-order chi connectivity index (χ1) is 15.0. The second-order valence-electron chi connectivity index (χ2n) is 8.08. The summed E-state index contributed by atoms with van der Waals surface area (Å²) in [5, 5.41) is 14.4. The van der Waals surface area contributed by atoms with Crippen molar-refractivity contribution in [3.8, 4) is 0 Å². The first kappa shape index (κ1) is 20.8. The van der Waals surface area contributed by atoms with Crippen molar-refractivity contribution in [2.45, 2.75) is 38.6 Å². The van der Waals surface area contributed by atoms with Gasteiger partial charge in [0.05, 0.1) is 4.92 Å². The van der Waals surface area contributed by atoms with Gasteiger partial charge in [0, 0.05) is 49.9 Å². The number of carbonyl (C=O) groups excluding carboxylic acids is 2. The molecule has 2 aliphatic rings. The molecule has 1 N–H and O–H groups in total. The van der Waals surface area contributed by atoms with Crippen molar-refractivity contribution in [3.63, 3.8) is 0 Å². The van der Waals surface area contributed by atoms with Crippen LogP contribution in [0.25, 0.3) is 0 Å². The number of likely N-dealkylation sites (tertiary alicyclic amines) is 1. The summed E-state index contributed by atoms with van der Waals surface area (Å²) in [5.41, 5.74) is 2.28. The molecule has 0 aliphatic carbocycles. The zero-order valence-electron chi connectivity index (χ0n) is 17.4. The highest BCUT2D eigenvalue weighted by atomic mass is 16.6. The summed E-state index contributed by atoms with van der Waals surface area (Å²) in [6, 6.07) is 12.0. The predicted octanol–water partition coefficient (Wildman–Crippen LogP) is 3.96. The molecule has 2 saturated heterocycles. The molecular weight excluding hydrogens is 396 g/mol. The van der Waals surface area contributed by atoms with Crippen LogP contribution in [-0.4, -0.2) is 41.3 Å². The van der Waals surface area contributed by atoms with Crippen molar-refractivity contribution in [1.29, 1.82) is 0 Å². The maximum absolute atomic E-state index is 12.8. The lowest BCUT2D eigenvalue weighted by Gasteiger charge is -2.26. The van der Waals surface area contributed by atoms with Crippen LogP contribution in [0.5, 0.6) is 0 Å². The number of carbonyl (C=O) groups is 2. The zero-order chi connectivity index (χ0) is 21.8. The quantitative estimate of drug-likeness (QED) is 0.562. The molecule has 0 saturated carbocycles. The number of benzene rings is 2. The molecule has 2 aliphatic heterocycles. The van der Waals surface area contributed by atoms with Crippen molar-refractivity contribution in [1.82, 2.24) is 4.90 Å². The minimum absolute atomic E-state index is 0.0492. The fraction of sp³-hybridized carbons (Fsp3) is 0.391. The van der Waals surface area contributed by atoms with Crippen LogP contribution in [-0.2, 0) is 11.3 Å². The number of nitro benzene ring substituents is 1. The van der Waals surface area contributed by atoms with Gasteiger partial charge < -0.3 is 15.1 Å². The molecule has 2 amide bonds. The van der Waals surface area contributed by atoms with E-state index in [-0.39, 0.29) is 17.2 Å².